The third kappa shape index (κ3) is 3.10. The van der Waals surface area contributed by atoms with Crippen LogP contribution in [0.25, 0.3) is 0 Å². The summed E-state index contributed by atoms with van der Waals surface area (Å²) in [5.41, 5.74) is 0.992. The fourth-order valence-corrected chi connectivity index (χ4v) is 3.24. The van der Waals surface area contributed by atoms with E-state index in [2.05, 4.69) is 0 Å². The first-order valence-corrected chi connectivity index (χ1v) is 7.58. The second kappa shape index (κ2) is 5.38. The van der Waals surface area contributed by atoms with E-state index in [0.717, 1.165) is 18.4 Å². The van der Waals surface area contributed by atoms with Gasteiger partial charge in [-0.3, -0.25) is 4.18 Å². The lowest BCUT2D eigenvalue weighted by atomic mass is 9.95. The molecule has 0 saturated heterocycles. The van der Waals surface area contributed by atoms with Gasteiger partial charge in [0.25, 0.3) is 10.1 Å². The largest absolute Gasteiger partial charge is 0.390 e. The zero-order valence-electron chi connectivity index (χ0n) is 10.4. The summed E-state index contributed by atoms with van der Waals surface area (Å²) < 4.78 is 29.2. The highest BCUT2D eigenvalue weighted by Gasteiger charge is 2.29. The van der Waals surface area contributed by atoms with E-state index in [0.29, 0.717) is 12.8 Å². The van der Waals surface area contributed by atoms with Crippen molar-refractivity contribution in [3.8, 4) is 0 Å². The molecule has 0 bridgehead atoms. The molecule has 0 heterocycles. The first kappa shape index (κ1) is 13.5. The monoisotopic (exact) mass is 270 g/mol. The molecule has 1 N–H and O–H groups in total. The van der Waals surface area contributed by atoms with Crippen molar-refractivity contribution in [2.45, 2.75) is 49.7 Å². The summed E-state index contributed by atoms with van der Waals surface area (Å²) in [6.07, 6.45) is 1.72. The van der Waals surface area contributed by atoms with Crippen LogP contribution >= 0.6 is 0 Å². The van der Waals surface area contributed by atoms with Gasteiger partial charge in [0, 0.05) is 0 Å². The Balaban J connectivity index is 2.13. The molecule has 0 spiro atoms. The lowest BCUT2D eigenvalue weighted by Gasteiger charge is -2.26. The number of aliphatic hydroxyl groups excluding tert-OH is 1. The molecular weight excluding hydrogens is 252 g/mol. The van der Waals surface area contributed by atoms with E-state index in [9.17, 15) is 13.5 Å². The molecule has 5 heteroatoms. The van der Waals surface area contributed by atoms with Gasteiger partial charge in [0.2, 0.25) is 0 Å². The van der Waals surface area contributed by atoms with Gasteiger partial charge in [-0.15, -0.1) is 0 Å². The van der Waals surface area contributed by atoms with E-state index < -0.39 is 22.3 Å². The first-order valence-electron chi connectivity index (χ1n) is 6.17. The van der Waals surface area contributed by atoms with Crippen LogP contribution in [0.5, 0.6) is 0 Å². The molecule has 2 unspecified atom stereocenters. The van der Waals surface area contributed by atoms with Crippen LogP contribution in [-0.2, 0) is 14.3 Å². The minimum Gasteiger partial charge on any atom is -0.390 e. The Morgan fingerprint density at radius 2 is 1.78 bits per heavy atom. The summed E-state index contributed by atoms with van der Waals surface area (Å²) in [6.45, 7) is 1.89. The summed E-state index contributed by atoms with van der Waals surface area (Å²) in [5, 5.41) is 9.73. The van der Waals surface area contributed by atoms with Crippen LogP contribution in [0.4, 0.5) is 0 Å². The molecule has 1 aliphatic rings. The van der Waals surface area contributed by atoms with Crippen molar-refractivity contribution in [3.63, 3.8) is 0 Å². The van der Waals surface area contributed by atoms with E-state index >= 15 is 0 Å². The van der Waals surface area contributed by atoms with Crippen molar-refractivity contribution in [3.05, 3.63) is 29.8 Å². The second-order valence-electron chi connectivity index (χ2n) is 4.75. The second-order valence-corrected chi connectivity index (χ2v) is 6.33. The van der Waals surface area contributed by atoms with Gasteiger partial charge < -0.3 is 5.11 Å². The van der Waals surface area contributed by atoms with Crippen molar-refractivity contribution in [1.29, 1.82) is 0 Å². The molecule has 0 aliphatic heterocycles. The third-order valence-electron chi connectivity index (χ3n) is 3.23. The Morgan fingerprint density at radius 1 is 1.17 bits per heavy atom. The van der Waals surface area contributed by atoms with Gasteiger partial charge >= 0.3 is 0 Å². The molecule has 18 heavy (non-hydrogen) atoms. The fraction of sp³-hybridized carbons (Fsp3) is 0.538. The van der Waals surface area contributed by atoms with Crippen molar-refractivity contribution in [2.75, 3.05) is 0 Å². The van der Waals surface area contributed by atoms with Crippen molar-refractivity contribution < 1.29 is 17.7 Å². The summed E-state index contributed by atoms with van der Waals surface area (Å²) in [4.78, 5) is 0.144. The Labute approximate surface area is 108 Å². The summed E-state index contributed by atoms with van der Waals surface area (Å²) in [6, 6.07) is 6.51. The quantitative estimate of drug-likeness (QED) is 0.853. The zero-order chi connectivity index (χ0) is 13.2. The fourth-order valence-electron chi connectivity index (χ4n) is 2.11. The maximum Gasteiger partial charge on any atom is 0.297 e. The van der Waals surface area contributed by atoms with E-state index in [4.69, 9.17) is 4.18 Å². The molecule has 1 aromatic rings. The van der Waals surface area contributed by atoms with E-state index in [1.54, 1.807) is 12.1 Å². The van der Waals surface area contributed by atoms with Crippen LogP contribution in [0.2, 0.25) is 0 Å². The molecule has 100 valence electrons. The standard InChI is InChI=1S/C13H18O4S/c1-10-6-8-11(9-7-10)18(15,16)17-13-5-3-2-4-12(13)14/h6-9,12-14H,2-5H2,1H3. The number of hydrogen-bond acceptors (Lipinski definition) is 4. The topological polar surface area (TPSA) is 63.6 Å². The first-order chi connectivity index (χ1) is 8.49. The van der Waals surface area contributed by atoms with E-state index in [-0.39, 0.29) is 4.90 Å². The Hall–Kier alpha value is -0.910. The van der Waals surface area contributed by atoms with Crippen molar-refractivity contribution in [2.24, 2.45) is 0 Å². The van der Waals surface area contributed by atoms with Gasteiger partial charge in [0.1, 0.15) is 6.10 Å². The SMILES string of the molecule is Cc1ccc(S(=O)(=O)OC2CCCCC2O)cc1. The van der Waals surface area contributed by atoms with Crippen LogP contribution < -0.4 is 0 Å². The predicted molar refractivity (Wildman–Crippen MR) is 67.7 cm³/mol. The lowest BCUT2D eigenvalue weighted by molar-refractivity contribution is 0.0105. The molecule has 2 rings (SSSR count). The summed E-state index contributed by atoms with van der Waals surface area (Å²) in [5.74, 6) is 0. The molecule has 1 aromatic carbocycles. The van der Waals surface area contributed by atoms with Gasteiger partial charge in [0.05, 0.1) is 11.0 Å². The molecule has 1 fully saturated rings. The molecule has 0 radical (unpaired) electrons. The molecule has 2 atom stereocenters. The molecule has 0 aromatic heterocycles. The predicted octanol–water partition coefficient (Wildman–Crippen LogP) is 2.00. The Kier molecular flexibility index (Phi) is 4.04. The number of benzene rings is 1. The number of aryl methyl sites for hydroxylation is 1. The van der Waals surface area contributed by atoms with Gasteiger partial charge in [-0.1, -0.05) is 30.5 Å². The molecular formula is C13H18O4S. The molecule has 4 nitrogen and oxygen atoms in total. The number of aliphatic hydroxyl groups is 1. The highest BCUT2D eigenvalue weighted by Crippen LogP contribution is 2.25. The van der Waals surface area contributed by atoms with Crippen LogP contribution in [0.3, 0.4) is 0 Å². The van der Waals surface area contributed by atoms with Crippen LogP contribution in [0.1, 0.15) is 31.2 Å². The zero-order valence-corrected chi connectivity index (χ0v) is 11.2. The highest BCUT2D eigenvalue weighted by molar-refractivity contribution is 7.86. The Bertz CT molecular complexity index is 492. The van der Waals surface area contributed by atoms with Gasteiger partial charge in [-0.2, -0.15) is 8.42 Å². The van der Waals surface area contributed by atoms with Gasteiger partial charge in [-0.05, 0) is 31.9 Å². The van der Waals surface area contributed by atoms with Crippen LogP contribution in [-0.4, -0.2) is 25.7 Å². The minimum absolute atomic E-state index is 0.144. The van der Waals surface area contributed by atoms with Crippen LogP contribution in [0.15, 0.2) is 29.2 Å². The lowest BCUT2D eigenvalue weighted by Crippen LogP contribution is -2.34. The Morgan fingerprint density at radius 3 is 2.39 bits per heavy atom. The normalized spacial score (nSPS) is 25.0. The molecule has 1 aliphatic carbocycles. The summed E-state index contributed by atoms with van der Waals surface area (Å²) in [7, 11) is -3.77. The van der Waals surface area contributed by atoms with Gasteiger partial charge in [0.15, 0.2) is 0 Å². The van der Waals surface area contributed by atoms with Crippen molar-refractivity contribution in [1.82, 2.24) is 0 Å². The smallest absolute Gasteiger partial charge is 0.297 e. The van der Waals surface area contributed by atoms with E-state index in [1.807, 2.05) is 6.92 Å². The minimum atomic E-state index is -3.77. The third-order valence-corrected chi connectivity index (χ3v) is 4.58. The van der Waals surface area contributed by atoms with Crippen molar-refractivity contribution >= 4 is 10.1 Å². The average molecular weight is 270 g/mol. The molecule has 1 saturated carbocycles. The van der Waals surface area contributed by atoms with Gasteiger partial charge in [-0.25, -0.2) is 0 Å². The highest BCUT2D eigenvalue weighted by atomic mass is 32.2. The van der Waals surface area contributed by atoms with E-state index in [1.165, 1.54) is 12.1 Å². The van der Waals surface area contributed by atoms with Crippen LogP contribution in [0, 0.1) is 6.92 Å². The summed E-state index contributed by atoms with van der Waals surface area (Å²) >= 11 is 0. The maximum absolute atomic E-state index is 12.0. The molecule has 0 amide bonds. The number of hydrogen-bond donors (Lipinski definition) is 1. The maximum atomic E-state index is 12.0. The average Bonchev–Trinajstić information content (AvgIpc) is 2.32. The number of rotatable bonds is 3.